The van der Waals surface area contributed by atoms with Gasteiger partial charge in [-0.25, -0.2) is 9.59 Å². The van der Waals surface area contributed by atoms with Gasteiger partial charge < -0.3 is 28.4 Å². The summed E-state index contributed by atoms with van der Waals surface area (Å²) in [6.45, 7) is 3.29. The zero-order chi connectivity index (χ0) is 49.6. The van der Waals surface area contributed by atoms with Gasteiger partial charge in [0.2, 0.25) is 0 Å². The molecule has 0 aliphatic rings. The Morgan fingerprint density at radius 2 is 0.841 bits per heavy atom. The average Bonchev–Trinajstić information content (AvgIpc) is 3.38. The second-order valence-electron chi connectivity index (χ2n) is 15.3. The Morgan fingerprint density at radius 1 is 0.493 bits per heavy atom. The predicted molar refractivity (Wildman–Crippen MR) is 287 cm³/mol. The van der Waals surface area contributed by atoms with Crippen LogP contribution in [0.15, 0.2) is 146 Å². The molecule has 14 heteroatoms. The number of thiol groups is 1. The van der Waals surface area contributed by atoms with Crippen LogP contribution in [-0.4, -0.2) is 69.8 Å². The summed E-state index contributed by atoms with van der Waals surface area (Å²) in [5.41, 5.74) is 6.80. The van der Waals surface area contributed by atoms with Crippen molar-refractivity contribution >= 4 is 82.7 Å². The van der Waals surface area contributed by atoms with Crippen molar-refractivity contribution in [3.8, 4) is 11.5 Å². The maximum atomic E-state index is 11.1. The lowest BCUT2D eigenvalue weighted by atomic mass is 10.0. The van der Waals surface area contributed by atoms with Gasteiger partial charge in [0, 0.05) is 31.6 Å². The number of esters is 2. The summed E-state index contributed by atoms with van der Waals surface area (Å²) < 4.78 is 31.8. The molecule has 8 nitrogen and oxygen atoms in total. The van der Waals surface area contributed by atoms with Crippen LogP contribution in [0.2, 0.25) is 20.1 Å². The van der Waals surface area contributed by atoms with E-state index in [4.69, 9.17) is 65.4 Å². The molecule has 0 radical (unpaired) electrons. The molecule has 0 unspecified atom stereocenters. The Labute approximate surface area is 437 Å². The number of ether oxygens (including phenoxy) is 6. The summed E-state index contributed by atoms with van der Waals surface area (Å²) in [6, 6.07) is 46.5. The van der Waals surface area contributed by atoms with E-state index in [1.54, 1.807) is 0 Å². The standard InChI is InChI=1S/C27H28Cl2O4S.C15H14Cl2OS.C13H18O3/c1-31-26(30)19-33-25-14-4-20(5-15-25)3-2-17-34-18-16-32-27(21-6-10-23(28)11-7-21)22-8-12-24(29)13-9-22;16-13-5-1-11(2-6-13)15(18-9-10-19)12-3-7-14(17)8-4-12;1-3-4-5-11-6-8-12(9-7-11)16-10-13(14)15-2/h4-15,27H,2-3,16-19H2,1H3;1-8,15,19H,9-10H2;6-9H,3-5,10H2,1-2H3. The molecular weight excluding hydrogens is 995 g/mol. The molecule has 0 fully saturated rings. The van der Waals surface area contributed by atoms with Gasteiger partial charge in [0.25, 0.3) is 0 Å². The summed E-state index contributed by atoms with van der Waals surface area (Å²) in [5, 5.41) is 2.84. The van der Waals surface area contributed by atoms with E-state index in [0.29, 0.717) is 50.6 Å². The lowest BCUT2D eigenvalue weighted by molar-refractivity contribution is -0.143. The Kier molecular flexibility index (Phi) is 27.6. The highest BCUT2D eigenvalue weighted by Crippen LogP contribution is 2.30. The number of thioether (sulfide) groups is 1. The molecule has 6 aromatic carbocycles. The number of hydrogen-bond acceptors (Lipinski definition) is 10. The highest BCUT2D eigenvalue weighted by molar-refractivity contribution is 7.99. The molecule has 0 amide bonds. The van der Waals surface area contributed by atoms with Crippen molar-refractivity contribution in [3.63, 3.8) is 0 Å². The minimum atomic E-state index is -0.391. The van der Waals surface area contributed by atoms with Crippen LogP contribution in [0.25, 0.3) is 0 Å². The monoisotopic (exact) mass is 1050 g/mol. The van der Waals surface area contributed by atoms with Gasteiger partial charge in [-0.2, -0.15) is 24.4 Å². The van der Waals surface area contributed by atoms with Gasteiger partial charge in [0.1, 0.15) is 23.7 Å². The molecule has 0 N–H and O–H groups in total. The molecule has 0 spiro atoms. The molecule has 0 aliphatic heterocycles. The summed E-state index contributed by atoms with van der Waals surface area (Å²) in [4.78, 5) is 22.0. The number of hydrogen-bond donors (Lipinski definition) is 1. The lowest BCUT2D eigenvalue weighted by Gasteiger charge is -2.19. The molecule has 0 saturated carbocycles. The molecule has 0 bridgehead atoms. The number of rotatable bonds is 24. The third-order valence-electron chi connectivity index (χ3n) is 10.2. The van der Waals surface area contributed by atoms with E-state index in [2.05, 4.69) is 29.0 Å². The summed E-state index contributed by atoms with van der Waals surface area (Å²) in [6.07, 6.45) is 5.27. The van der Waals surface area contributed by atoms with Crippen LogP contribution in [-0.2, 0) is 41.4 Å². The minimum absolute atomic E-state index is 0.0369. The number of benzene rings is 6. The van der Waals surface area contributed by atoms with Crippen molar-refractivity contribution in [2.75, 3.05) is 57.9 Å². The average molecular weight is 1060 g/mol. The van der Waals surface area contributed by atoms with Gasteiger partial charge in [-0.3, -0.25) is 0 Å². The van der Waals surface area contributed by atoms with E-state index in [0.717, 1.165) is 53.0 Å². The maximum absolute atomic E-state index is 11.1. The fraction of sp³-hybridized carbons (Fsp3) is 0.309. The van der Waals surface area contributed by atoms with Gasteiger partial charge in [-0.05, 0) is 138 Å². The molecule has 0 heterocycles. The van der Waals surface area contributed by atoms with Crippen molar-refractivity contribution in [3.05, 3.63) is 199 Å². The first-order valence-electron chi connectivity index (χ1n) is 22.5. The SMILES string of the molecule is CCCCc1ccc(OCC(=O)OC)cc1.COC(=O)COc1ccc(CCCSCCOC(c2ccc(Cl)cc2)c2ccc(Cl)cc2)cc1.SCCOC(c1ccc(Cl)cc1)c1ccc(Cl)cc1. The van der Waals surface area contributed by atoms with Gasteiger partial charge in [0.05, 0.1) is 27.4 Å². The van der Waals surface area contributed by atoms with E-state index >= 15 is 0 Å². The Bertz CT molecular complexity index is 2250. The third kappa shape index (κ3) is 22.5. The van der Waals surface area contributed by atoms with Crippen LogP contribution in [0.3, 0.4) is 0 Å². The Hall–Kier alpha value is -4.36. The fourth-order valence-electron chi connectivity index (χ4n) is 6.48. The Morgan fingerprint density at radius 3 is 1.17 bits per heavy atom. The second kappa shape index (κ2) is 33.3. The first-order valence-corrected chi connectivity index (χ1v) is 25.8. The summed E-state index contributed by atoms with van der Waals surface area (Å²) in [7, 11) is 2.69. The Balaban J connectivity index is 0.000000249. The maximum Gasteiger partial charge on any atom is 0.343 e. The van der Waals surface area contributed by atoms with Crippen LogP contribution in [0.4, 0.5) is 0 Å². The zero-order valence-electron chi connectivity index (χ0n) is 39.1. The smallest absolute Gasteiger partial charge is 0.343 e. The van der Waals surface area contributed by atoms with Crippen molar-refractivity contribution < 1.29 is 38.0 Å². The topological polar surface area (TPSA) is 89.5 Å². The first-order chi connectivity index (χ1) is 33.5. The molecular formula is C55H60Cl4O8S2. The van der Waals surface area contributed by atoms with E-state index < -0.39 is 5.97 Å². The second-order valence-corrected chi connectivity index (χ2v) is 18.7. The van der Waals surface area contributed by atoms with E-state index in [1.807, 2.05) is 157 Å². The lowest BCUT2D eigenvalue weighted by Crippen LogP contribution is -2.12. The van der Waals surface area contributed by atoms with Gasteiger partial charge >= 0.3 is 11.9 Å². The normalized spacial score (nSPS) is 10.7. The van der Waals surface area contributed by atoms with Crippen molar-refractivity contribution in [1.82, 2.24) is 0 Å². The van der Waals surface area contributed by atoms with Crippen molar-refractivity contribution in [2.45, 2.75) is 51.2 Å². The molecule has 6 aromatic rings. The van der Waals surface area contributed by atoms with E-state index in [9.17, 15) is 9.59 Å². The zero-order valence-corrected chi connectivity index (χ0v) is 43.9. The van der Waals surface area contributed by atoms with Crippen LogP contribution in [0.1, 0.15) is 71.8 Å². The molecule has 69 heavy (non-hydrogen) atoms. The number of aryl methyl sites for hydroxylation is 2. The van der Waals surface area contributed by atoms with E-state index in [-0.39, 0.29) is 31.4 Å². The highest BCUT2D eigenvalue weighted by Gasteiger charge is 2.16. The summed E-state index contributed by atoms with van der Waals surface area (Å²) >= 11 is 30.0. The van der Waals surface area contributed by atoms with Crippen LogP contribution >= 0.6 is 70.8 Å². The van der Waals surface area contributed by atoms with Gasteiger partial charge in [0.15, 0.2) is 13.2 Å². The molecule has 6 rings (SSSR count). The molecule has 0 saturated heterocycles. The van der Waals surface area contributed by atoms with Crippen molar-refractivity contribution in [1.29, 1.82) is 0 Å². The number of carbonyl (C=O) groups excluding carboxylic acids is 2. The quantitative estimate of drug-likeness (QED) is 0.0362. The van der Waals surface area contributed by atoms with Crippen molar-refractivity contribution in [2.24, 2.45) is 0 Å². The molecule has 0 atom stereocenters. The van der Waals surface area contributed by atoms with E-state index in [1.165, 1.54) is 38.2 Å². The number of carbonyl (C=O) groups is 2. The minimum Gasteiger partial charge on any atom is -0.482 e. The van der Waals surface area contributed by atoms with Crippen LogP contribution in [0, 0.1) is 0 Å². The number of unbranched alkanes of at least 4 members (excludes halogenated alkanes) is 1. The largest absolute Gasteiger partial charge is 0.482 e. The molecule has 0 aliphatic carbocycles. The highest BCUT2D eigenvalue weighted by atomic mass is 35.5. The van der Waals surface area contributed by atoms with Crippen LogP contribution < -0.4 is 9.47 Å². The van der Waals surface area contributed by atoms with Gasteiger partial charge in [-0.1, -0.05) is 133 Å². The first kappa shape index (κ1) is 57.2. The third-order valence-corrected chi connectivity index (χ3v) is 12.4. The van der Waals surface area contributed by atoms with Gasteiger partial charge in [-0.15, -0.1) is 0 Å². The molecule has 368 valence electrons. The number of methoxy groups -OCH3 is 2. The molecule has 0 aromatic heterocycles. The van der Waals surface area contributed by atoms with Crippen LogP contribution in [0.5, 0.6) is 11.5 Å². The predicted octanol–water partition coefficient (Wildman–Crippen LogP) is 14.6. The number of halogens is 4. The fourth-order valence-corrected chi connectivity index (χ4v) is 7.86. The summed E-state index contributed by atoms with van der Waals surface area (Å²) in [5.74, 6) is 3.25.